The van der Waals surface area contributed by atoms with Crippen LogP contribution in [0.3, 0.4) is 0 Å². The Morgan fingerprint density at radius 2 is 1.19 bits per heavy atom. The summed E-state index contributed by atoms with van der Waals surface area (Å²) in [5, 5.41) is 0. The summed E-state index contributed by atoms with van der Waals surface area (Å²) < 4.78 is 33.5. The van der Waals surface area contributed by atoms with E-state index in [2.05, 4.69) is 167 Å². The third kappa shape index (κ3) is 29.8. The van der Waals surface area contributed by atoms with Gasteiger partial charge in [0, 0.05) is 19.4 Å². The Bertz CT molecular complexity index is 1440. The van der Waals surface area contributed by atoms with E-state index in [0.29, 0.717) is 53.1 Å². The monoisotopic (exact) mass is 809 g/mol. The molecule has 0 saturated carbocycles. The highest BCUT2D eigenvalue weighted by Gasteiger charge is 2.10. The van der Waals surface area contributed by atoms with Crippen molar-refractivity contribution in [1.82, 2.24) is 0 Å². The van der Waals surface area contributed by atoms with E-state index < -0.39 is 6.36 Å². The Morgan fingerprint density at radius 3 is 1.50 bits per heavy atom. The minimum Gasteiger partial charge on any atom is -0.493 e. The first kappa shape index (κ1) is 56.8. The maximum atomic E-state index is 12.7. The van der Waals surface area contributed by atoms with Gasteiger partial charge in [-0.05, 0) is 109 Å². The number of halogens is 1. The average molecular weight is 809 g/mol. The molecule has 332 valence electrons. The van der Waals surface area contributed by atoms with Crippen LogP contribution >= 0.6 is 0 Å². The average Bonchev–Trinajstić information content (AvgIpc) is 3.88. The van der Waals surface area contributed by atoms with Crippen LogP contribution in [0.25, 0.3) is 0 Å². The Labute approximate surface area is 358 Å². The second kappa shape index (κ2) is 32.5. The highest BCUT2D eigenvalue weighted by Crippen LogP contribution is 2.31. The van der Waals surface area contributed by atoms with Crippen molar-refractivity contribution in [3.05, 3.63) is 107 Å². The summed E-state index contributed by atoms with van der Waals surface area (Å²) in [6.07, 6.45) is 9.99. The number of ether oxygens (including phenoxy) is 3. The number of aryl methyl sites for hydroxylation is 1. The van der Waals surface area contributed by atoms with Crippen LogP contribution in [0.5, 0.6) is 11.5 Å². The molecule has 58 heavy (non-hydrogen) atoms. The zero-order valence-electron chi connectivity index (χ0n) is 40.9. The largest absolute Gasteiger partial charge is 0.493 e. The summed E-state index contributed by atoms with van der Waals surface area (Å²) in [4.78, 5) is 0. The number of benzene rings is 2. The Kier molecular flexibility index (Phi) is 31.9. The summed E-state index contributed by atoms with van der Waals surface area (Å²) >= 11 is 0. The fourth-order valence-electron chi connectivity index (χ4n) is 5.27. The zero-order valence-corrected chi connectivity index (χ0v) is 40.9. The Hall–Kier alpha value is -3.31. The first-order valence-electron chi connectivity index (χ1n) is 22.1. The third-order valence-electron chi connectivity index (χ3n) is 9.04. The number of methoxy groups -OCH3 is 1. The molecule has 0 fully saturated rings. The number of rotatable bonds is 13. The van der Waals surface area contributed by atoms with Crippen LogP contribution in [-0.4, -0.2) is 26.2 Å². The summed E-state index contributed by atoms with van der Waals surface area (Å²) in [6.45, 7) is 41.5. The molecule has 1 aliphatic carbocycles. The smallest absolute Gasteiger partial charge is 0.236 e. The van der Waals surface area contributed by atoms with Crippen LogP contribution in [0.4, 0.5) is 4.39 Å². The van der Waals surface area contributed by atoms with Crippen molar-refractivity contribution in [3.63, 3.8) is 0 Å². The summed E-state index contributed by atoms with van der Waals surface area (Å²) in [5.74, 6) is 7.42. The molecule has 1 aliphatic rings. The van der Waals surface area contributed by atoms with Crippen LogP contribution in [-0.2, 0) is 4.74 Å². The van der Waals surface area contributed by atoms with E-state index in [1.54, 1.807) is 19.4 Å². The van der Waals surface area contributed by atoms with Crippen LogP contribution in [0, 0.1) is 36.5 Å². The molecule has 0 N–H and O–H groups in total. The molecule has 0 bridgehead atoms. The van der Waals surface area contributed by atoms with Gasteiger partial charge in [0.05, 0.1) is 19.5 Å². The van der Waals surface area contributed by atoms with Crippen LogP contribution < -0.4 is 9.47 Å². The molecule has 5 heteroatoms. The van der Waals surface area contributed by atoms with Crippen LogP contribution in [0.2, 0.25) is 0 Å². The Balaban J connectivity index is 0. The summed E-state index contributed by atoms with van der Waals surface area (Å²) in [7, 11) is 1.55. The zero-order chi connectivity index (χ0) is 45.0. The van der Waals surface area contributed by atoms with Gasteiger partial charge in [0.2, 0.25) is 6.36 Å². The van der Waals surface area contributed by atoms with Gasteiger partial charge in [-0.3, -0.25) is 0 Å². The minimum atomic E-state index is -1.33. The Morgan fingerprint density at radius 1 is 0.638 bits per heavy atom. The maximum absolute atomic E-state index is 12.7. The molecule has 2 atom stereocenters. The second-order valence-electron chi connectivity index (χ2n) is 18.2. The number of hydrogen-bond acceptors (Lipinski definition) is 4. The predicted molar refractivity (Wildman–Crippen MR) is 252 cm³/mol. The first-order valence-corrected chi connectivity index (χ1v) is 22.1. The van der Waals surface area contributed by atoms with Crippen LogP contribution in [0.15, 0.2) is 89.1 Å². The van der Waals surface area contributed by atoms with Gasteiger partial charge in [-0.1, -0.05) is 165 Å². The summed E-state index contributed by atoms with van der Waals surface area (Å²) in [6, 6.07) is 18.2. The standard InChI is InChI=1S/C12H17FO2.C10H14.C9H20O.C8H12.C7H10O.C7H16/c1-8(2)10-5-6-11(15-9(3)13)12(7-10)14-4;1-8(2)10-6-4-9(3)5-7-10;1-7(2)6-10-9(5)8(3)4;1-7(2)8-5-3-4-6-8;1-6(2)7-4-3-5-8-7;1-6(2)5-7(3)4/h5-9H,1-4H3;4-8H,1-3H3;7-9H,6H2,1-5H3;3,5-7H,4H2,1-2H3;3-6H,1-2H3;6-7H,5H2,1-4H3. The molecule has 2 unspecified atom stereocenters. The maximum Gasteiger partial charge on any atom is 0.236 e. The topological polar surface area (TPSA) is 40.8 Å². The van der Waals surface area contributed by atoms with Crippen molar-refractivity contribution in [1.29, 1.82) is 0 Å². The molecule has 2 aromatic carbocycles. The fourth-order valence-corrected chi connectivity index (χ4v) is 5.27. The van der Waals surface area contributed by atoms with Crippen molar-refractivity contribution >= 4 is 0 Å². The van der Waals surface area contributed by atoms with E-state index in [9.17, 15) is 4.39 Å². The van der Waals surface area contributed by atoms with E-state index in [1.807, 2.05) is 24.3 Å². The number of alkyl halides is 1. The highest BCUT2D eigenvalue weighted by atomic mass is 19.1. The lowest BCUT2D eigenvalue weighted by molar-refractivity contribution is 0.0199. The number of furan rings is 1. The van der Waals surface area contributed by atoms with Crippen molar-refractivity contribution in [3.8, 4) is 11.5 Å². The van der Waals surface area contributed by atoms with E-state index in [-0.39, 0.29) is 0 Å². The third-order valence-corrected chi connectivity index (χ3v) is 9.04. The van der Waals surface area contributed by atoms with Gasteiger partial charge in [-0.25, -0.2) is 4.39 Å². The lowest BCUT2D eigenvalue weighted by Crippen LogP contribution is -2.18. The van der Waals surface area contributed by atoms with E-state index in [0.717, 1.165) is 36.2 Å². The van der Waals surface area contributed by atoms with Gasteiger partial charge in [0.1, 0.15) is 5.76 Å². The van der Waals surface area contributed by atoms with Gasteiger partial charge in [0.15, 0.2) is 11.5 Å². The lowest BCUT2D eigenvalue weighted by Gasteiger charge is -2.17. The van der Waals surface area contributed by atoms with Crippen molar-refractivity contribution < 1.29 is 23.0 Å². The highest BCUT2D eigenvalue weighted by molar-refractivity contribution is 5.43. The van der Waals surface area contributed by atoms with Crippen molar-refractivity contribution in [2.45, 2.75) is 175 Å². The molecule has 0 amide bonds. The molecule has 4 nitrogen and oxygen atoms in total. The second-order valence-corrected chi connectivity index (χ2v) is 18.2. The molecule has 3 aromatic rings. The van der Waals surface area contributed by atoms with E-state index >= 15 is 0 Å². The molecule has 0 spiro atoms. The van der Waals surface area contributed by atoms with Gasteiger partial charge < -0.3 is 18.6 Å². The predicted octanol–water partition coefficient (Wildman–Crippen LogP) is 17.0. The first-order chi connectivity index (χ1) is 27.0. The molecule has 0 saturated heterocycles. The van der Waals surface area contributed by atoms with Gasteiger partial charge >= 0.3 is 0 Å². The molecule has 1 heterocycles. The number of allylic oxidation sites excluding steroid dienone is 4. The minimum absolute atomic E-state index is 0.405. The number of hydrogen-bond donors (Lipinski definition) is 0. The van der Waals surface area contributed by atoms with Crippen molar-refractivity contribution in [2.24, 2.45) is 29.6 Å². The van der Waals surface area contributed by atoms with Crippen LogP contribution in [0.1, 0.15) is 178 Å². The SMILES string of the molecule is CC(C)C1=CCC=C1.CC(C)CC(C)C.CC(C)COC(C)C(C)C.CC(C)c1ccco1.COc1cc(C(C)C)ccc1OC(C)F.Cc1ccc(C(C)C)cc1. The normalized spacial score (nSPS) is 12.8. The summed E-state index contributed by atoms with van der Waals surface area (Å²) in [5.41, 5.74) is 5.39. The molecule has 0 radical (unpaired) electrons. The van der Waals surface area contributed by atoms with Crippen molar-refractivity contribution in [2.75, 3.05) is 13.7 Å². The molecule has 1 aromatic heterocycles. The molecule has 4 rings (SSSR count). The van der Waals surface area contributed by atoms with E-state index in [4.69, 9.17) is 18.6 Å². The quantitative estimate of drug-likeness (QED) is 0.172. The fraction of sp³-hybridized carbons (Fsp3) is 0.623. The van der Waals surface area contributed by atoms with Gasteiger partial charge in [-0.2, -0.15) is 0 Å². The molecular formula is C53H89FO4. The molecular weight excluding hydrogens is 720 g/mol. The van der Waals surface area contributed by atoms with Gasteiger partial charge in [0.25, 0.3) is 0 Å². The van der Waals surface area contributed by atoms with E-state index in [1.165, 1.54) is 30.0 Å². The van der Waals surface area contributed by atoms with Gasteiger partial charge in [-0.15, -0.1) is 0 Å². The molecule has 0 aliphatic heterocycles. The lowest BCUT2D eigenvalue weighted by atomic mass is 10.0.